The van der Waals surface area contributed by atoms with Crippen LogP contribution in [-0.2, 0) is 4.79 Å². The topological polar surface area (TPSA) is 70.7 Å². The molecule has 0 aliphatic carbocycles. The molecule has 14 heavy (non-hydrogen) atoms. The molecule has 5 heteroatoms. The monoisotopic (exact) mass is 190 g/mol. The Bertz CT molecular complexity index is 463. The minimum Gasteiger partial charge on any atom is -0.343 e. The molecule has 2 N–H and O–H groups in total. The normalized spacial score (nSPS) is 10.4. The summed E-state index contributed by atoms with van der Waals surface area (Å²) < 4.78 is 0. The van der Waals surface area contributed by atoms with Gasteiger partial charge in [0.25, 0.3) is 0 Å². The molecule has 0 aromatic carbocycles. The predicted octanol–water partition coefficient (Wildman–Crippen LogP) is 1.31. The van der Waals surface area contributed by atoms with Gasteiger partial charge in [-0.2, -0.15) is 0 Å². The van der Waals surface area contributed by atoms with Gasteiger partial charge in [0.05, 0.1) is 11.8 Å². The van der Waals surface area contributed by atoms with Crippen molar-refractivity contribution in [1.82, 2.24) is 15.0 Å². The molecule has 0 bridgehead atoms. The number of imidazole rings is 1. The van der Waals surface area contributed by atoms with Crippen LogP contribution < -0.4 is 5.32 Å². The van der Waals surface area contributed by atoms with Crippen LogP contribution in [0.4, 0.5) is 5.82 Å². The van der Waals surface area contributed by atoms with E-state index in [1.165, 1.54) is 0 Å². The van der Waals surface area contributed by atoms with Crippen LogP contribution in [0.5, 0.6) is 0 Å². The van der Waals surface area contributed by atoms with Crippen LogP contribution in [0.15, 0.2) is 18.5 Å². The van der Waals surface area contributed by atoms with E-state index in [4.69, 9.17) is 0 Å². The van der Waals surface area contributed by atoms with Crippen LogP contribution in [0.2, 0.25) is 0 Å². The van der Waals surface area contributed by atoms with Gasteiger partial charge < -0.3 is 10.3 Å². The van der Waals surface area contributed by atoms with Crippen LogP contribution in [0.25, 0.3) is 11.2 Å². The molecule has 0 spiro atoms. The molecule has 0 saturated carbocycles. The van der Waals surface area contributed by atoms with Crippen molar-refractivity contribution in [2.24, 2.45) is 0 Å². The molecule has 2 aromatic rings. The van der Waals surface area contributed by atoms with Crippen molar-refractivity contribution in [2.75, 3.05) is 5.32 Å². The Morgan fingerprint density at radius 2 is 2.43 bits per heavy atom. The summed E-state index contributed by atoms with van der Waals surface area (Å²) in [6.07, 6.45) is 2.02. The second-order valence-corrected chi connectivity index (χ2v) is 2.87. The molecule has 0 atom stereocenters. The molecule has 2 aromatic heterocycles. The van der Waals surface area contributed by atoms with E-state index in [0.29, 0.717) is 17.9 Å². The number of hydrogen-bond donors (Lipinski definition) is 2. The van der Waals surface area contributed by atoms with Crippen LogP contribution in [-0.4, -0.2) is 20.9 Å². The van der Waals surface area contributed by atoms with Crippen molar-refractivity contribution in [3.63, 3.8) is 0 Å². The third-order valence-electron chi connectivity index (χ3n) is 1.87. The predicted molar refractivity (Wildman–Crippen MR) is 52.8 cm³/mol. The van der Waals surface area contributed by atoms with E-state index in [-0.39, 0.29) is 5.91 Å². The van der Waals surface area contributed by atoms with Gasteiger partial charge in [-0.25, -0.2) is 9.97 Å². The van der Waals surface area contributed by atoms with Crippen LogP contribution in [0.1, 0.15) is 13.3 Å². The fourth-order valence-electron chi connectivity index (χ4n) is 1.12. The number of pyridine rings is 1. The molecule has 0 radical (unpaired) electrons. The highest BCUT2D eigenvalue weighted by molar-refractivity contribution is 5.90. The Balaban J connectivity index is 2.30. The first kappa shape index (κ1) is 8.68. The summed E-state index contributed by atoms with van der Waals surface area (Å²) in [7, 11) is 0. The number of carbonyl (C=O) groups excluding carboxylic acids is 1. The lowest BCUT2D eigenvalue weighted by molar-refractivity contribution is -0.115. The molecule has 0 saturated heterocycles. The van der Waals surface area contributed by atoms with Gasteiger partial charge in [0.15, 0.2) is 5.65 Å². The third kappa shape index (κ3) is 1.56. The second kappa shape index (κ2) is 3.45. The van der Waals surface area contributed by atoms with Crippen LogP contribution in [0, 0.1) is 0 Å². The van der Waals surface area contributed by atoms with Gasteiger partial charge >= 0.3 is 0 Å². The first-order valence-electron chi connectivity index (χ1n) is 4.39. The van der Waals surface area contributed by atoms with E-state index >= 15 is 0 Å². The van der Waals surface area contributed by atoms with E-state index in [1.54, 1.807) is 19.3 Å². The van der Waals surface area contributed by atoms with Gasteiger partial charge in [-0.3, -0.25) is 4.79 Å². The lowest BCUT2D eigenvalue weighted by atomic mass is 10.4. The Morgan fingerprint density at radius 3 is 3.21 bits per heavy atom. The molecule has 72 valence electrons. The average molecular weight is 190 g/mol. The maximum Gasteiger partial charge on any atom is 0.225 e. The zero-order valence-corrected chi connectivity index (χ0v) is 7.74. The summed E-state index contributed by atoms with van der Waals surface area (Å²) in [5.74, 6) is 0.490. The summed E-state index contributed by atoms with van der Waals surface area (Å²) >= 11 is 0. The standard InChI is InChI=1S/C9H10N4O/c1-2-8(14)12-7-4-3-6-9(13-7)11-5-10-6/h3-5H,2H2,1H3,(H2,10,11,12,13,14). The number of anilines is 1. The quantitative estimate of drug-likeness (QED) is 0.749. The fourth-order valence-corrected chi connectivity index (χ4v) is 1.12. The molecule has 0 aliphatic rings. The van der Waals surface area contributed by atoms with Crippen molar-refractivity contribution in [2.45, 2.75) is 13.3 Å². The number of fused-ring (bicyclic) bond motifs is 1. The fraction of sp³-hybridized carbons (Fsp3) is 0.222. The summed E-state index contributed by atoms with van der Waals surface area (Å²) in [5.41, 5.74) is 1.47. The van der Waals surface area contributed by atoms with Gasteiger partial charge in [-0.1, -0.05) is 6.92 Å². The molecule has 5 nitrogen and oxygen atoms in total. The second-order valence-electron chi connectivity index (χ2n) is 2.87. The van der Waals surface area contributed by atoms with Crippen molar-refractivity contribution < 1.29 is 4.79 Å². The van der Waals surface area contributed by atoms with Gasteiger partial charge in [0, 0.05) is 6.42 Å². The Morgan fingerprint density at radius 1 is 1.57 bits per heavy atom. The van der Waals surface area contributed by atoms with Crippen molar-refractivity contribution in [3.05, 3.63) is 18.5 Å². The van der Waals surface area contributed by atoms with E-state index in [2.05, 4.69) is 20.3 Å². The minimum absolute atomic E-state index is 0.0487. The number of H-pyrrole nitrogens is 1. The number of aromatic amines is 1. The van der Waals surface area contributed by atoms with Crippen molar-refractivity contribution >= 4 is 22.9 Å². The zero-order chi connectivity index (χ0) is 9.97. The molecule has 1 amide bonds. The average Bonchev–Trinajstić information content (AvgIpc) is 2.64. The number of aromatic nitrogens is 3. The Kier molecular flexibility index (Phi) is 2.14. The minimum atomic E-state index is -0.0487. The summed E-state index contributed by atoms with van der Waals surface area (Å²) in [6.45, 7) is 1.79. The number of carbonyl (C=O) groups is 1. The first-order valence-corrected chi connectivity index (χ1v) is 4.39. The zero-order valence-electron chi connectivity index (χ0n) is 7.74. The molecular weight excluding hydrogens is 180 g/mol. The highest BCUT2D eigenvalue weighted by Crippen LogP contribution is 2.10. The molecular formula is C9H10N4O. The molecule has 0 fully saturated rings. The molecule has 2 heterocycles. The number of amides is 1. The van der Waals surface area contributed by atoms with E-state index in [1.807, 2.05) is 6.07 Å². The Labute approximate surface area is 80.6 Å². The summed E-state index contributed by atoms with van der Waals surface area (Å²) in [5, 5.41) is 2.67. The maximum absolute atomic E-state index is 11.1. The number of hydrogen-bond acceptors (Lipinski definition) is 3. The third-order valence-corrected chi connectivity index (χ3v) is 1.87. The highest BCUT2D eigenvalue weighted by atomic mass is 16.1. The number of rotatable bonds is 2. The van der Waals surface area contributed by atoms with Crippen LogP contribution >= 0.6 is 0 Å². The largest absolute Gasteiger partial charge is 0.343 e. The van der Waals surface area contributed by atoms with E-state index in [0.717, 1.165) is 5.52 Å². The number of nitrogens with zero attached hydrogens (tertiary/aromatic N) is 2. The SMILES string of the molecule is CCC(=O)Nc1ccc2[nH]cnc2n1. The van der Waals surface area contributed by atoms with Gasteiger partial charge in [-0.15, -0.1) is 0 Å². The highest BCUT2D eigenvalue weighted by Gasteiger charge is 2.02. The molecule has 0 aliphatic heterocycles. The molecule has 2 rings (SSSR count). The number of nitrogens with one attached hydrogen (secondary N) is 2. The van der Waals surface area contributed by atoms with Gasteiger partial charge in [-0.05, 0) is 12.1 Å². The van der Waals surface area contributed by atoms with Crippen LogP contribution in [0.3, 0.4) is 0 Å². The van der Waals surface area contributed by atoms with E-state index in [9.17, 15) is 4.79 Å². The smallest absolute Gasteiger partial charge is 0.225 e. The lowest BCUT2D eigenvalue weighted by Gasteiger charge is -2.00. The van der Waals surface area contributed by atoms with Crippen molar-refractivity contribution in [3.8, 4) is 0 Å². The van der Waals surface area contributed by atoms with Gasteiger partial charge in [0.1, 0.15) is 5.82 Å². The van der Waals surface area contributed by atoms with Gasteiger partial charge in [0.2, 0.25) is 5.91 Å². The summed E-state index contributed by atoms with van der Waals surface area (Å²) in [6, 6.07) is 3.58. The van der Waals surface area contributed by atoms with Crippen molar-refractivity contribution in [1.29, 1.82) is 0 Å². The maximum atomic E-state index is 11.1. The first-order chi connectivity index (χ1) is 6.79. The lowest BCUT2D eigenvalue weighted by Crippen LogP contribution is -2.10. The van der Waals surface area contributed by atoms with E-state index < -0.39 is 0 Å². The molecule has 0 unspecified atom stereocenters. The Hall–Kier alpha value is -1.91. The summed E-state index contributed by atoms with van der Waals surface area (Å²) in [4.78, 5) is 22.1.